The Labute approximate surface area is 96.5 Å². The van der Waals surface area contributed by atoms with E-state index in [0.29, 0.717) is 0 Å². The van der Waals surface area contributed by atoms with Gasteiger partial charge in [0.05, 0.1) is 12.0 Å². The van der Waals surface area contributed by atoms with Gasteiger partial charge in [0.15, 0.2) is 0 Å². The molecule has 1 rings (SSSR count). The number of carbonyl (C=O) groups excluding carboxylic acids is 1. The number of oxime groups is 1. The minimum absolute atomic E-state index is 0.0532. The Morgan fingerprint density at radius 2 is 2.35 bits per heavy atom. The third kappa shape index (κ3) is 2.77. The highest BCUT2D eigenvalue weighted by Gasteiger charge is 2.24. The van der Waals surface area contributed by atoms with Crippen LogP contribution < -0.4 is 0 Å². The van der Waals surface area contributed by atoms with Crippen molar-refractivity contribution in [3.05, 3.63) is 39.4 Å². The fourth-order valence-electron chi connectivity index (χ4n) is 1.39. The Hall–Kier alpha value is -2.44. The highest BCUT2D eigenvalue weighted by Crippen LogP contribution is 2.24. The number of ether oxygens (including phenoxy) is 1. The lowest BCUT2D eigenvalue weighted by Crippen LogP contribution is -2.08. The van der Waals surface area contributed by atoms with Crippen molar-refractivity contribution < 1.29 is 19.7 Å². The van der Waals surface area contributed by atoms with Crippen molar-refractivity contribution in [2.24, 2.45) is 5.16 Å². The number of carbonyl (C=O) groups is 1. The van der Waals surface area contributed by atoms with Crippen molar-refractivity contribution in [1.82, 2.24) is 0 Å². The van der Waals surface area contributed by atoms with E-state index in [9.17, 15) is 14.9 Å². The number of nitrogens with zero attached hydrogens (tertiary/aromatic N) is 2. The highest BCUT2D eigenvalue weighted by atomic mass is 16.6. The van der Waals surface area contributed by atoms with Crippen molar-refractivity contribution in [2.75, 3.05) is 7.11 Å². The molecule has 0 aromatic heterocycles. The molecular weight excluding hydrogens is 228 g/mol. The van der Waals surface area contributed by atoms with E-state index in [4.69, 9.17) is 5.21 Å². The van der Waals surface area contributed by atoms with E-state index in [-0.39, 0.29) is 23.2 Å². The van der Waals surface area contributed by atoms with Gasteiger partial charge in [-0.3, -0.25) is 10.1 Å². The van der Waals surface area contributed by atoms with Crippen LogP contribution in [0.2, 0.25) is 0 Å². The van der Waals surface area contributed by atoms with Gasteiger partial charge in [-0.15, -0.1) is 5.16 Å². The van der Waals surface area contributed by atoms with Crippen LogP contribution in [0.3, 0.4) is 0 Å². The fourth-order valence-corrected chi connectivity index (χ4v) is 1.39. The first-order chi connectivity index (χ1) is 8.11. The molecule has 0 amide bonds. The van der Waals surface area contributed by atoms with Crippen LogP contribution in [0.25, 0.3) is 0 Å². The molecule has 17 heavy (non-hydrogen) atoms. The summed E-state index contributed by atoms with van der Waals surface area (Å²) in [6.45, 7) is 0. The maximum Gasteiger partial charge on any atom is 0.344 e. The van der Waals surface area contributed by atoms with E-state index >= 15 is 0 Å². The van der Waals surface area contributed by atoms with Crippen molar-refractivity contribution >= 4 is 17.9 Å². The summed E-state index contributed by atoms with van der Waals surface area (Å²) in [4.78, 5) is 21.6. The molecule has 0 heterocycles. The Kier molecular flexibility index (Phi) is 4.15. The van der Waals surface area contributed by atoms with Gasteiger partial charge in [0, 0.05) is 18.2 Å². The minimum Gasteiger partial charge on any atom is -0.465 e. The van der Waals surface area contributed by atoms with Crippen molar-refractivity contribution in [3.8, 4) is 0 Å². The van der Waals surface area contributed by atoms with E-state index < -0.39 is 10.9 Å². The predicted octanol–water partition coefficient (Wildman–Crippen LogP) is 1.38. The van der Waals surface area contributed by atoms with Crippen molar-refractivity contribution in [2.45, 2.75) is 6.42 Å². The number of rotatable bonds is 4. The lowest BCUT2D eigenvalue weighted by Gasteiger charge is -2.04. The molecule has 0 aliphatic rings. The van der Waals surface area contributed by atoms with Crippen molar-refractivity contribution in [3.63, 3.8) is 0 Å². The van der Waals surface area contributed by atoms with Crippen LogP contribution >= 0.6 is 0 Å². The summed E-state index contributed by atoms with van der Waals surface area (Å²) in [5.41, 5.74) is -0.184. The molecule has 1 aromatic rings. The van der Waals surface area contributed by atoms with E-state index in [0.717, 1.165) is 13.3 Å². The second-order valence-electron chi connectivity index (χ2n) is 3.06. The van der Waals surface area contributed by atoms with Gasteiger partial charge in [-0.1, -0.05) is 12.1 Å². The van der Waals surface area contributed by atoms with E-state index in [1.807, 2.05) is 0 Å². The van der Waals surface area contributed by atoms with Crippen LogP contribution in [-0.2, 0) is 11.2 Å². The summed E-state index contributed by atoms with van der Waals surface area (Å²) < 4.78 is 4.46. The molecule has 0 bridgehead atoms. The topological polar surface area (TPSA) is 102 Å². The minimum atomic E-state index is -0.778. The summed E-state index contributed by atoms with van der Waals surface area (Å²) >= 11 is 0. The zero-order chi connectivity index (χ0) is 12.8. The average Bonchev–Trinajstić information content (AvgIpc) is 2.34. The molecule has 0 atom stereocenters. The summed E-state index contributed by atoms with van der Waals surface area (Å²) in [5.74, 6) is -0.778. The number of esters is 1. The largest absolute Gasteiger partial charge is 0.465 e. The van der Waals surface area contributed by atoms with Gasteiger partial charge >= 0.3 is 5.97 Å². The fraction of sp³-hybridized carbons (Fsp3) is 0.200. The quantitative estimate of drug-likeness (QED) is 0.280. The molecule has 0 fully saturated rings. The van der Waals surface area contributed by atoms with E-state index in [1.54, 1.807) is 0 Å². The predicted molar refractivity (Wildman–Crippen MR) is 58.4 cm³/mol. The lowest BCUT2D eigenvalue weighted by molar-refractivity contribution is -0.385. The standard InChI is InChI=1S/C10H10N2O5/c1-17-10(13)8-4-2-3-7(5-6-11-14)9(8)12(15)16/h2-4,6,14H,5H2,1H3. The van der Waals surface area contributed by atoms with Gasteiger partial charge in [0.1, 0.15) is 5.56 Å². The van der Waals surface area contributed by atoms with Crippen LogP contribution in [0.5, 0.6) is 0 Å². The molecule has 0 aliphatic heterocycles. The maximum absolute atomic E-state index is 11.4. The molecule has 0 saturated carbocycles. The number of methoxy groups -OCH3 is 1. The molecule has 7 heteroatoms. The molecule has 90 valence electrons. The molecule has 0 radical (unpaired) electrons. The average molecular weight is 238 g/mol. The van der Waals surface area contributed by atoms with Gasteiger partial charge in [-0.25, -0.2) is 4.79 Å². The molecule has 0 spiro atoms. The molecular formula is C10H10N2O5. The monoisotopic (exact) mass is 238 g/mol. The Balaban J connectivity index is 3.31. The first-order valence-corrected chi connectivity index (χ1v) is 4.62. The van der Waals surface area contributed by atoms with Gasteiger partial charge in [-0.2, -0.15) is 0 Å². The number of hydrogen-bond acceptors (Lipinski definition) is 6. The molecule has 0 aliphatic carbocycles. The third-order valence-corrected chi connectivity index (χ3v) is 2.10. The zero-order valence-corrected chi connectivity index (χ0v) is 8.99. The van der Waals surface area contributed by atoms with Gasteiger partial charge in [-0.05, 0) is 6.07 Å². The normalized spacial score (nSPS) is 10.4. The number of nitro benzene ring substituents is 1. The van der Waals surface area contributed by atoms with Gasteiger partial charge < -0.3 is 9.94 Å². The Bertz CT molecular complexity index is 470. The lowest BCUT2D eigenvalue weighted by atomic mass is 10.1. The molecule has 0 unspecified atom stereocenters. The molecule has 7 nitrogen and oxygen atoms in total. The van der Waals surface area contributed by atoms with Crippen LogP contribution in [0, 0.1) is 10.1 Å². The van der Waals surface area contributed by atoms with Gasteiger partial charge in [0.2, 0.25) is 0 Å². The smallest absolute Gasteiger partial charge is 0.344 e. The highest BCUT2D eigenvalue weighted by molar-refractivity contribution is 5.94. The van der Waals surface area contributed by atoms with Crippen LogP contribution in [0.15, 0.2) is 23.4 Å². The third-order valence-electron chi connectivity index (χ3n) is 2.10. The SMILES string of the molecule is COC(=O)c1cccc(CC=NO)c1[N+](=O)[O-]. The number of hydrogen-bond donors (Lipinski definition) is 1. The number of nitro groups is 1. The van der Waals surface area contributed by atoms with Gasteiger partial charge in [0.25, 0.3) is 5.69 Å². The first kappa shape index (κ1) is 12.6. The Morgan fingerprint density at radius 1 is 1.65 bits per heavy atom. The zero-order valence-electron chi connectivity index (χ0n) is 8.99. The second kappa shape index (κ2) is 5.59. The van der Waals surface area contributed by atoms with Crippen LogP contribution in [0.4, 0.5) is 5.69 Å². The maximum atomic E-state index is 11.4. The summed E-state index contributed by atoms with van der Waals surface area (Å²) in [6.07, 6.45) is 1.15. The van der Waals surface area contributed by atoms with Crippen LogP contribution in [0.1, 0.15) is 15.9 Å². The van der Waals surface area contributed by atoms with E-state index in [1.165, 1.54) is 18.2 Å². The van der Waals surface area contributed by atoms with E-state index in [2.05, 4.69) is 9.89 Å². The molecule has 0 saturated heterocycles. The first-order valence-electron chi connectivity index (χ1n) is 4.62. The summed E-state index contributed by atoms with van der Waals surface area (Å²) in [7, 11) is 1.15. The number of para-hydroxylation sites is 1. The molecule has 1 N–H and O–H groups in total. The van der Waals surface area contributed by atoms with Crippen molar-refractivity contribution in [1.29, 1.82) is 0 Å². The molecule has 1 aromatic carbocycles. The summed E-state index contributed by atoms with van der Waals surface area (Å²) in [5, 5.41) is 22.0. The second-order valence-corrected chi connectivity index (χ2v) is 3.06. The van der Waals surface area contributed by atoms with Crippen LogP contribution in [-0.4, -0.2) is 29.4 Å². The Morgan fingerprint density at radius 3 is 2.88 bits per heavy atom. The summed E-state index contributed by atoms with van der Waals surface area (Å²) in [6, 6.07) is 4.29. The number of benzene rings is 1.